The van der Waals surface area contributed by atoms with Crippen molar-refractivity contribution in [3.8, 4) is 0 Å². The van der Waals surface area contributed by atoms with E-state index < -0.39 is 0 Å². The molecule has 1 saturated carbocycles. The van der Waals surface area contributed by atoms with Gasteiger partial charge in [0.1, 0.15) is 0 Å². The van der Waals surface area contributed by atoms with Crippen molar-refractivity contribution in [1.82, 2.24) is 25.1 Å². The Hall–Kier alpha value is -1.89. The van der Waals surface area contributed by atoms with E-state index in [0.29, 0.717) is 18.3 Å². The van der Waals surface area contributed by atoms with Gasteiger partial charge in [0.25, 0.3) is 0 Å². The predicted octanol–water partition coefficient (Wildman–Crippen LogP) is 2.43. The largest absolute Gasteiger partial charge is 0.337 e. The van der Waals surface area contributed by atoms with Crippen LogP contribution in [0.5, 0.6) is 0 Å². The van der Waals surface area contributed by atoms with Crippen LogP contribution >= 0.6 is 11.8 Å². The summed E-state index contributed by atoms with van der Waals surface area (Å²) in [5.74, 6) is 1.86. The Kier molecular flexibility index (Phi) is 4.51. The Morgan fingerprint density at radius 2 is 2.00 bits per heavy atom. The molecule has 1 aromatic carbocycles. The molecule has 1 amide bonds. The average molecular weight is 343 g/mol. The number of tetrazole rings is 1. The van der Waals surface area contributed by atoms with Crippen LogP contribution in [0.3, 0.4) is 0 Å². The Morgan fingerprint density at radius 1 is 1.17 bits per heavy atom. The lowest BCUT2D eigenvalue weighted by atomic mass is 10.1. The van der Waals surface area contributed by atoms with Crippen molar-refractivity contribution in [1.29, 1.82) is 0 Å². The van der Waals surface area contributed by atoms with E-state index >= 15 is 0 Å². The van der Waals surface area contributed by atoms with Gasteiger partial charge in [-0.15, -0.1) is 16.9 Å². The van der Waals surface area contributed by atoms with Crippen molar-refractivity contribution in [3.63, 3.8) is 0 Å². The second kappa shape index (κ2) is 6.93. The number of thioether (sulfide) groups is 1. The zero-order valence-corrected chi connectivity index (χ0v) is 14.4. The van der Waals surface area contributed by atoms with Crippen molar-refractivity contribution < 1.29 is 4.79 Å². The second-order valence-corrected chi connectivity index (χ2v) is 7.65. The van der Waals surface area contributed by atoms with Gasteiger partial charge < -0.3 is 4.90 Å². The summed E-state index contributed by atoms with van der Waals surface area (Å²) in [6.07, 6.45) is 4.33. The number of hydrogen-bond acceptors (Lipinski definition) is 5. The molecule has 4 rings (SSSR count). The van der Waals surface area contributed by atoms with Crippen LogP contribution < -0.4 is 0 Å². The topological polar surface area (TPSA) is 63.9 Å². The molecule has 1 aliphatic carbocycles. The van der Waals surface area contributed by atoms with Crippen LogP contribution in [-0.4, -0.2) is 42.8 Å². The monoisotopic (exact) mass is 343 g/mol. The van der Waals surface area contributed by atoms with Crippen molar-refractivity contribution in [2.75, 3.05) is 6.54 Å². The number of likely N-dealkylation sites (tertiary alicyclic amines) is 1. The standard InChI is InChI=1S/C17H21N5OS/c23-17-15(24-12-16-18-19-20-22(16)14-8-9-14)7-4-10-21(17)11-13-5-2-1-3-6-13/h1-3,5-6,14-15H,4,7-12H2. The molecule has 6 nitrogen and oxygen atoms in total. The molecule has 0 N–H and O–H groups in total. The maximum Gasteiger partial charge on any atom is 0.236 e. The zero-order chi connectivity index (χ0) is 16.4. The molecule has 1 atom stereocenters. The maximum atomic E-state index is 12.8. The lowest BCUT2D eigenvalue weighted by molar-refractivity contribution is -0.133. The molecule has 2 aromatic rings. The molecular formula is C17H21N5OS. The number of carbonyl (C=O) groups is 1. The fraction of sp³-hybridized carbons (Fsp3) is 0.529. The zero-order valence-electron chi connectivity index (χ0n) is 13.5. The Labute approximate surface area is 145 Å². The molecule has 2 fully saturated rings. The van der Waals surface area contributed by atoms with Crippen LogP contribution in [0.25, 0.3) is 0 Å². The highest BCUT2D eigenvalue weighted by atomic mass is 32.2. The van der Waals surface area contributed by atoms with Crippen LogP contribution in [0, 0.1) is 0 Å². The summed E-state index contributed by atoms with van der Waals surface area (Å²) in [5, 5.41) is 12.0. The highest BCUT2D eigenvalue weighted by Gasteiger charge is 2.31. The van der Waals surface area contributed by atoms with Gasteiger partial charge in [-0.3, -0.25) is 4.79 Å². The van der Waals surface area contributed by atoms with Gasteiger partial charge in [0.15, 0.2) is 5.82 Å². The molecule has 1 saturated heterocycles. The third-order valence-electron chi connectivity index (χ3n) is 4.57. The maximum absolute atomic E-state index is 12.8. The molecule has 126 valence electrons. The molecule has 1 aromatic heterocycles. The van der Waals surface area contributed by atoms with E-state index in [9.17, 15) is 4.79 Å². The smallest absolute Gasteiger partial charge is 0.236 e. The van der Waals surface area contributed by atoms with E-state index in [1.54, 1.807) is 11.8 Å². The number of piperidine rings is 1. The molecule has 0 spiro atoms. The first-order valence-electron chi connectivity index (χ1n) is 8.52. The van der Waals surface area contributed by atoms with Gasteiger partial charge in [0, 0.05) is 13.1 Å². The average Bonchev–Trinajstić information content (AvgIpc) is 3.35. The first-order chi connectivity index (χ1) is 11.8. The van der Waals surface area contributed by atoms with Gasteiger partial charge in [-0.05, 0) is 41.7 Å². The fourth-order valence-electron chi connectivity index (χ4n) is 3.11. The molecule has 1 unspecified atom stereocenters. The molecule has 24 heavy (non-hydrogen) atoms. The number of amides is 1. The minimum Gasteiger partial charge on any atom is -0.337 e. The molecular weight excluding hydrogens is 322 g/mol. The predicted molar refractivity (Wildman–Crippen MR) is 92.3 cm³/mol. The van der Waals surface area contributed by atoms with E-state index in [4.69, 9.17) is 0 Å². The van der Waals surface area contributed by atoms with Gasteiger partial charge >= 0.3 is 0 Å². The van der Waals surface area contributed by atoms with Crippen molar-refractivity contribution in [3.05, 3.63) is 41.7 Å². The second-order valence-electron chi connectivity index (χ2n) is 6.46. The molecule has 2 aliphatic rings. The molecule has 0 radical (unpaired) electrons. The quantitative estimate of drug-likeness (QED) is 0.806. The third-order valence-corrected chi connectivity index (χ3v) is 5.83. The van der Waals surface area contributed by atoms with E-state index in [1.807, 2.05) is 27.8 Å². The van der Waals surface area contributed by atoms with Crippen LogP contribution in [0.1, 0.15) is 43.1 Å². The normalized spacial score (nSPS) is 21.2. The van der Waals surface area contributed by atoms with Crippen LogP contribution in [-0.2, 0) is 17.1 Å². The van der Waals surface area contributed by atoms with Crippen LogP contribution in [0.2, 0.25) is 0 Å². The number of benzene rings is 1. The number of carbonyl (C=O) groups excluding carboxylic acids is 1. The van der Waals surface area contributed by atoms with Crippen molar-refractivity contribution in [2.45, 2.75) is 49.3 Å². The summed E-state index contributed by atoms with van der Waals surface area (Å²) in [6, 6.07) is 10.7. The van der Waals surface area contributed by atoms with Crippen molar-refractivity contribution >= 4 is 17.7 Å². The van der Waals surface area contributed by atoms with Gasteiger partial charge in [-0.25, -0.2) is 4.68 Å². The summed E-state index contributed by atoms with van der Waals surface area (Å²) in [4.78, 5) is 14.8. The van der Waals surface area contributed by atoms with Crippen molar-refractivity contribution in [2.24, 2.45) is 0 Å². The lowest BCUT2D eigenvalue weighted by Crippen LogP contribution is -2.42. The van der Waals surface area contributed by atoms with Crippen LogP contribution in [0.15, 0.2) is 30.3 Å². The SMILES string of the molecule is O=C1C(SCc2nnnn2C2CC2)CCCN1Cc1ccccc1. The van der Waals surface area contributed by atoms with E-state index in [-0.39, 0.29) is 11.2 Å². The summed E-state index contributed by atoms with van der Waals surface area (Å²) < 4.78 is 1.93. The Bertz CT molecular complexity index is 700. The van der Waals surface area contributed by atoms with E-state index in [0.717, 1.165) is 38.1 Å². The molecule has 2 heterocycles. The Balaban J connectivity index is 1.36. The molecule has 1 aliphatic heterocycles. The Morgan fingerprint density at radius 3 is 2.79 bits per heavy atom. The van der Waals surface area contributed by atoms with E-state index in [2.05, 4.69) is 27.7 Å². The number of rotatable bonds is 6. The summed E-state index contributed by atoms with van der Waals surface area (Å²) in [6.45, 7) is 1.56. The fourth-order valence-corrected chi connectivity index (χ4v) is 4.27. The van der Waals surface area contributed by atoms with Gasteiger partial charge in [-0.2, -0.15) is 0 Å². The van der Waals surface area contributed by atoms with E-state index in [1.165, 1.54) is 5.56 Å². The first kappa shape index (κ1) is 15.6. The first-order valence-corrected chi connectivity index (χ1v) is 9.57. The number of hydrogen-bond donors (Lipinski definition) is 0. The summed E-state index contributed by atoms with van der Waals surface area (Å²) >= 11 is 1.68. The molecule has 0 bridgehead atoms. The third kappa shape index (κ3) is 3.45. The minimum absolute atomic E-state index is 0.0202. The molecule has 7 heteroatoms. The minimum atomic E-state index is 0.0202. The van der Waals surface area contributed by atoms with Gasteiger partial charge in [0.05, 0.1) is 17.0 Å². The van der Waals surface area contributed by atoms with Gasteiger partial charge in [-0.1, -0.05) is 30.3 Å². The summed E-state index contributed by atoms with van der Waals surface area (Å²) in [5.41, 5.74) is 1.19. The highest BCUT2D eigenvalue weighted by molar-refractivity contribution is 7.99. The van der Waals surface area contributed by atoms with Gasteiger partial charge in [0.2, 0.25) is 5.91 Å². The number of nitrogens with zero attached hydrogens (tertiary/aromatic N) is 5. The van der Waals surface area contributed by atoms with Crippen LogP contribution in [0.4, 0.5) is 0 Å². The lowest BCUT2D eigenvalue weighted by Gasteiger charge is -2.32. The summed E-state index contributed by atoms with van der Waals surface area (Å²) in [7, 11) is 0. The highest BCUT2D eigenvalue weighted by Crippen LogP contribution is 2.35. The number of aromatic nitrogens is 4.